The number of aromatic nitrogens is 3. The van der Waals surface area contributed by atoms with Crippen molar-refractivity contribution in [3.8, 4) is 22.3 Å². The Hall–Kier alpha value is -5.55. The summed E-state index contributed by atoms with van der Waals surface area (Å²) in [5, 5.41) is 3.26. The summed E-state index contributed by atoms with van der Waals surface area (Å²) < 4.78 is 32.3. The van der Waals surface area contributed by atoms with Gasteiger partial charge in [-0.3, -0.25) is 9.78 Å². The van der Waals surface area contributed by atoms with Crippen molar-refractivity contribution in [3.05, 3.63) is 75.0 Å². The summed E-state index contributed by atoms with van der Waals surface area (Å²) in [6, 6.07) is 3.23. The van der Waals surface area contributed by atoms with E-state index in [0.717, 1.165) is 48.6 Å². The lowest BCUT2D eigenvalue weighted by molar-refractivity contribution is -0.0867. The van der Waals surface area contributed by atoms with Crippen LogP contribution in [0.25, 0.3) is 38.1 Å². The number of benzene rings is 1. The number of ether oxygens (including phenoxy) is 3. The van der Waals surface area contributed by atoms with Crippen LogP contribution in [0.3, 0.4) is 0 Å². The summed E-state index contributed by atoms with van der Waals surface area (Å²) >= 11 is 0. The third-order valence-corrected chi connectivity index (χ3v) is 9.89. The number of likely N-dealkylation sites (tertiary alicyclic amines) is 1. The highest BCUT2D eigenvalue weighted by molar-refractivity contribution is 6.02. The summed E-state index contributed by atoms with van der Waals surface area (Å²) in [6.45, 7) is 15.2. The summed E-state index contributed by atoms with van der Waals surface area (Å²) in [7, 11) is 5.49. The summed E-state index contributed by atoms with van der Waals surface area (Å²) in [5.74, 6) is -1.15. The van der Waals surface area contributed by atoms with Gasteiger partial charge in [-0.2, -0.15) is 0 Å². The Morgan fingerprint density at radius 1 is 1.08 bits per heavy atom. The maximum atomic E-state index is 15.5. The van der Waals surface area contributed by atoms with Gasteiger partial charge in [0.2, 0.25) is 17.4 Å². The number of aryl methyl sites for hydroxylation is 1. The van der Waals surface area contributed by atoms with Crippen LogP contribution in [-0.2, 0) is 27.7 Å². The first-order valence-corrected chi connectivity index (χ1v) is 16.9. The topological polar surface area (TPSA) is 132 Å². The van der Waals surface area contributed by atoms with Crippen LogP contribution in [0.2, 0.25) is 0 Å². The summed E-state index contributed by atoms with van der Waals surface area (Å²) in [4.78, 5) is 56.9. The lowest BCUT2D eigenvalue weighted by Gasteiger charge is -2.31. The predicted molar refractivity (Wildman–Crippen MR) is 189 cm³/mol. The number of hydrogen-bond donors (Lipinski definition) is 1. The SMILES string of the molecule is [C-]#[N+]c1c(F)cc(NC)c2c1-c1c(ncc(-c3cnc4c(c3)c(=O)c(C(=O)OC(C)OC(=O)OC(C)C)cn4C)c1N1CC[C@H]3CN(C)C[C@H]31)C2. The van der Waals surface area contributed by atoms with Gasteiger partial charge in [-0.1, -0.05) is 0 Å². The normalized spacial score (nSPS) is 18.3. The van der Waals surface area contributed by atoms with E-state index in [1.165, 1.54) is 19.2 Å². The number of esters is 1. The molecule has 264 valence electrons. The molecule has 13 nitrogen and oxygen atoms in total. The highest BCUT2D eigenvalue weighted by atomic mass is 19.1. The van der Waals surface area contributed by atoms with Gasteiger partial charge in [0, 0.05) is 99.6 Å². The molecule has 1 unspecified atom stereocenters. The predicted octanol–water partition coefficient (Wildman–Crippen LogP) is 5.50. The Morgan fingerprint density at radius 2 is 1.86 bits per heavy atom. The first-order chi connectivity index (χ1) is 24.4. The van der Waals surface area contributed by atoms with E-state index in [1.54, 1.807) is 51.0 Å². The molecule has 0 bridgehead atoms. The van der Waals surface area contributed by atoms with Gasteiger partial charge in [0.15, 0.2) is 0 Å². The number of carbonyl (C=O) groups excluding carboxylic acids is 2. The Balaban J connectivity index is 1.37. The van der Waals surface area contributed by atoms with Crippen molar-refractivity contribution >= 4 is 40.2 Å². The fourth-order valence-electron chi connectivity index (χ4n) is 7.78. The van der Waals surface area contributed by atoms with E-state index in [2.05, 4.69) is 32.0 Å². The van der Waals surface area contributed by atoms with E-state index in [0.29, 0.717) is 40.4 Å². The highest BCUT2D eigenvalue weighted by Crippen LogP contribution is 2.54. The minimum atomic E-state index is -1.32. The maximum Gasteiger partial charge on any atom is 0.511 e. The van der Waals surface area contributed by atoms with Crippen LogP contribution in [0.4, 0.5) is 26.2 Å². The number of likely N-dealkylation sites (N-methyl/N-ethyl adjacent to an activating group) is 1. The fraction of sp³-hybridized carbons (Fsp3) is 0.405. The molecule has 5 heterocycles. The lowest BCUT2D eigenvalue weighted by Crippen LogP contribution is -2.35. The van der Waals surface area contributed by atoms with Crippen LogP contribution < -0.4 is 15.6 Å². The highest BCUT2D eigenvalue weighted by Gasteiger charge is 2.43. The van der Waals surface area contributed by atoms with Gasteiger partial charge in [0.1, 0.15) is 17.0 Å². The fourth-order valence-corrected chi connectivity index (χ4v) is 7.78. The van der Waals surface area contributed by atoms with Gasteiger partial charge in [-0.25, -0.2) is 23.8 Å². The second-order valence-electron chi connectivity index (χ2n) is 13.6. The number of anilines is 2. The Labute approximate surface area is 293 Å². The molecule has 51 heavy (non-hydrogen) atoms. The van der Waals surface area contributed by atoms with E-state index in [4.69, 9.17) is 25.8 Å². The number of carbonyl (C=O) groups is 2. The van der Waals surface area contributed by atoms with Gasteiger partial charge in [-0.15, -0.1) is 0 Å². The molecule has 1 aliphatic carbocycles. The number of nitrogens with one attached hydrogen (secondary N) is 1. The van der Waals surface area contributed by atoms with Crippen LogP contribution in [0.5, 0.6) is 0 Å². The smallest absolute Gasteiger partial charge is 0.431 e. The molecule has 0 spiro atoms. The second kappa shape index (κ2) is 13.0. The zero-order valence-corrected chi connectivity index (χ0v) is 29.2. The van der Waals surface area contributed by atoms with Crippen LogP contribution in [-0.4, -0.2) is 83.7 Å². The molecular weight excluding hydrogens is 657 g/mol. The van der Waals surface area contributed by atoms with Crippen molar-refractivity contribution in [2.24, 2.45) is 13.0 Å². The van der Waals surface area contributed by atoms with Crippen molar-refractivity contribution in [3.63, 3.8) is 0 Å². The third kappa shape index (κ3) is 5.81. The van der Waals surface area contributed by atoms with E-state index in [-0.39, 0.29) is 22.7 Å². The molecule has 2 saturated heterocycles. The van der Waals surface area contributed by atoms with Crippen molar-refractivity contribution in [2.75, 3.05) is 43.9 Å². The van der Waals surface area contributed by atoms with Crippen LogP contribution in [0.15, 0.2) is 35.5 Å². The number of hydrogen-bond acceptors (Lipinski definition) is 11. The largest absolute Gasteiger partial charge is 0.511 e. The van der Waals surface area contributed by atoms with Gasteiger partial charge in [-0.05, 0) is 50.9 Å². The summed E-state index contributed by atoms with van der Waals surface area (Å²) in [6.07, 6.45) is 3.40. The standard InChI is InChI=1S/C37H38FN7O6/c1-18(2)49-37(48)51-19(3)50-36(47)25-16-44(7)35-23(34(25)46)10-21(13-42-35)24-14-41-28-11-22-27(39-4)12-26(38)32(40-5)30(22)31(28)33(24)45-9-8-20-15-43(6)17-29(20)45/h10,12-14,16,18-20,29,39H,8-9,11,15,17H2,1-4,6-7H3/t19?,20-,29+/m0/s1. The van der Waals surface area contributed by atoms with Crippen molar-refractivity contribution in [1.29, 1.82) is 0 Å². The molecule has 4 aromatic rings. The van der Waals surface area contributed by atoms with Crippen LogP contribution in [0, 0.1) is 18.3 Å². The lowest BCUT2D eigenvalue weighted by atomic mass is 9.95. The number of halogens is 1. The van der Waals surface area contributed by atoms with Gasteiger partial charge in [0.05, 0.1) is 29.4 Å². The number of fused-ring (bicyclic) bond motifs is 5. The van der Waals surface area contributed by atoms with E-state index in [9.17, 15) is 14.4 Å². The first kappa shape index (κ1) is 33.9. The molecule has 1 aromatic carbocycles. The van der Waals surface area contributed by atoms with Gasteiger partial charge in [0.25, 0.3) is 0 Å². The Bertz CT molecular complexity index is 2210. The van der Waals surface area contributed by atoms with E-state index in [1.807, 2.05) is 0 Å². The third-order valence-electron chi connectivity index (χ3n) is 9.89. The molecule has 0 saturated carbocycles. The molecule has 1 N–H and O–H groups in total. The maximum absolute atomic E-state index is 15.5. The van der Waals surface area contributed by atoms with Gasteiger partial charge < -0.3 is 33.9 Å². The number of pyridine rings is 3. The minimum absolute atomic E-state index is 0.0495. The first-order valence-electron chi connectivity index (χ1n) is 16.9. The zero-order chi connectivity index (χ0) is 36.3. The molecule has 14 heteroatoms. The quantitative estimate of drug-likeness (QED) is 0.131. The second-order valence-corrected chi connectivity index (χ2v) is 13.6. The molecular formula is C37H38FN7O6. The van der Waals surface area contributed by atoms with Crippen LogP contribution >= 0.6 is 0 Å². The molecule has 2 fully saturated rings. The molecule has 3 aliphatic rings. The Kier molecular flexibility index (Phi) is 8.62. The average molecular weight is 696 g/mol. The average Bonchev–Trinajstić information content (AvgIpc) is 3.77. The minimum Gasteiger partial charge on any atom is -0.431 e. The zero-order valence-electron chi connectivity index (χ0n) is 29.2. The molecule has 0 radical (unpaired) electrons. The van der Waals surface area contributed by atoms with Crippen LogP contribution in [0.1, 0.15) is 48.8 Å². The van der Waals surface area contributed by atoms with Crippen molar-refractivity contribution in [1.82, 2.24) is 19.4 Å². The van der Waals surface area contributed by atoms with E-state index >= 15 is 4.39 Å². The number of nitrogens with zero attached hydrogens (tertiary/aromatic N) is 6. The van der Waals surface area contributed by atoms with E-state index < -0.39 is 35.8 Å². The molecule has 2 aliphatic heterocycles. The summed E-state index contributed by atoms with van der Waals surface area (Å²) in [5.41, 5.74) is 4.89. The van der Waals surface area contributed by atoms with Crippen molar-refractivity contribution in [2.45, 2.75) is 52.0 Å². The molecule has 7 rings (SSSR count). The van der Waals surface area contributed by atoms with Gasteiger partial charge >= 0.3 is 12.1 Å². The van der Waals surface area contributed by atoms with Crippen molar-refractivity contribution < 1.29 is 28.2 Å². The molecule has 0 amide bonds. The number of rotatable bonds is 7. The molecule has 3 aromatic heterocycles. The molecule has 3 atom stereocenters. The Morgan fingerprint density at radius 3 is 2.59 bits per heavy atom. The monoisotopic (exact) mass is 695 g/mol.